The molecular weight excluding hydrogens is 392 g/mol. The molecule has 0 radical (unpaired) electrons. The minimum atomic E-state index is -3.54. The molecule has 2 aromatic carbocycles. The van der Waals surface area contributed by atoms with Crippen molar-refractivity contribution < 1.29 is 22.7 Å². The molecule has 29 heavy (non-hydrogen) atoms. The topological polar surface area (TPSA) is 92.8 Å². The normalized spacial score (nSPS) is 15.7. The Morgan fingerprint density at radius 1 is 1.00 bits per heavy atom. The van der Waals surface area contributed by atoms with Gasteiger partial charge in [-0.15, -0.1) is 0 Å². The lowest BCUT2D eigenvalue weighted by atomic mass is 10.2. The Balaban J connectivity index is 1.61. The molecule has 0 saturated carbocycles. The third-order valence-corrected chi connectivity index (χ3v) is 6.68. The number of carbonyl (C=O) groups excluding carboxylic acids is 2. The summed E-state index contributed by atoms with van der Waals surface area (Å²) >= 11 is 0. The fourth-order valence-electron chi connectivity index (χ4n) is 3.00. The summed E-state index contributed by atoms with van der Waals surface area (Å²) in [7, 11) is -3.54. The van der Waals surface area contributed by atoms with Gasteiger partial charge in [0.25, 0.3) is 5.91 Å². The first-order chi connectivity index (χ1) is 13.8. The molecule has 1 aliphatic rings. The summed E-state index contributed by atoms with van der Waals surface area (Å²) in [5, 5.41) is 2.68. The number of nitrogens with one attached hydrogen (secondary N) is 1. The van der Waals surface area contributed by atoms with Gasteiger partial charge in [-0.2, -0.15) is 4.31 Å². The standard InChI is InChI=1S/C21H24N2O5S/c1-15-5-9-18(10-6-15)22-20(24)16(2)28-21(25)17-7-11-19(12-8-17)29(26,27)23-13-3-4-14-23/h5-12,16H,3-4,13-14H2,1-2H3,(H,22,24)/t16-/m1/s1. The van der Waals surface area contributed by atoms with Gasteiger partial charge in [-0.05, 0) is 63.1 Å². The van der Waals surface area contributed by atoms with Crippen molar-refractivity contribution in [3.63, 3.8) is 0 Å². The fourth-order valence-corrected chi connectivity index (χ4v) is 4.52. The number of nitrogens with zero attached hydrogens (tertiary/aromatic N) is 1. The Morgan fingerprint density at radius 2 is 1.59 bits per heavy atom. The van der Waals surface area contributed by atoms with E-state index in [1.54, 1.807) is 12.1 Å². The predicted octanol–water partition coefficient (Wildman–Crippen LogP) is 2.96. The SMILES string of the molecule is Cc1ccc(NC(=O)[C@@H](C)OC(=O)c2ccc(S(=O)(=O)N3CCCC3)cc2)cc1. The van der Waals surface area contributed by atoms with Gasteiger partial charge in [-0.1, -0.05) is 17.7 Å². The van der Waals surface area contributed by atoms with Crippen LogP contribution in [0.1, 0.15) is 35.7 Å². The second-order valence-electron chi connectivity index (χ2n) is 7.04. The molecule has 1 amide bonds. The Morgan fingerprint density at radius 3 is 2.17 bits per heavy atom. The van der Waals surface area contributed by atoms with Crippen LogP contribution in [0.5, 0.6) is 0 Å². The van der Waals surface area contributed by atoms with Gasteiger partial charge >= 0.3 is 5.97 Å². The molecule has 1 fully saturated rings. The molecule has 1 heterocycles. The maximum absolute atomic E-state index is 12.5. The van der Waals surface area contributed by atoms with Crippen molar-refractivity contribution in [2.75, 3.05) is 18.4 Å². The number of sulfonamides is 1. The zero-order valence-electron chi connectivity index (χ0n) is 16.4. The number of hydrogen-bond donors (Lipinski definition) is 1. The van der Waals surface area contributed by atoms with Crippen LogP contribution in [0, 0.1) is 6.92 Å². The number of anilines is 1. The molecule has 1 aliphatic heterocycles. The lowest BCUT2D eigenvalue weighted by Gasteiger charge is -2.16. The molecule has 2 aromatic rings. The predicted molar refractivity (Wildman–Crippen MR) is 109 cm³/mol. The number of benzene rings is 2. The molecular formula is C21H24N2O5S. The minimum absolute atomic E-state index is 0.140. The van der Waals surface area contributed by atoms with Crippen molar-refractivity contribution in [3.8, 4) is 0 Å². The Hall–Kier alpha value is -2.71. The highest BCUT2D eigenvalue weighted by molar-refractivity contribution is 7.89. The Kier molecular flexibility index (Phi) is 6.34. The smallest absolute Gasteiger partial charge is 0.338 e. The highest BCUT2D eigenvalue weighted by Gasteiger charge is 2.27. The van der Waals surface area contributed by atoms with Crippen LogP contribution in [0.4, 0.5) is 5.69 Å². The monoisotopic (exact) mass is 416 g/mol. The maximum atomic E-state index is 12.5. The average Bonchev–Trinajstić information content (AvgIpc) is 3.25. The third kappa shape index (κ3) is 5.02. The van der Waals surface area contributed by atoms with Crippen molar-refractivity contribution in [2.24, 2.45) is 0 Å². The number of carbonyl (C=O) groups is 2. The molecule has 154 valence electrons. The number of rotatable bonds is 6. The summed E-state index contributed by atoms with van der Waals surface area (Å²) in [4.78, 5) is 24.7. The summed E-state index contributed by atoms with van der Waals surface area (Å²) < 4.78 is 31.7. The van der Waals surface area contributed by atoms with E-state index < -0.39 is 28.0 Å². The fraction of sp³-hybridized carbons (Fsp3) is 0.333. The van der Waals surface area contributed by atoms with Crippen LogP contribution in [0.2, 0.25) is 0 Å². The van der Waals surface area contributed by atoms with Crippen molar-refractivity contribution >= 4 is 27.6 Å². The van der Waals surface area contributed by atoms with E-state index in [0.29, 0.717) is 18.8 Å². The van der Waals surface area contributed by atoms with E-state index in [4.69, 9.17) is 4.74 Å². The van der Waals surface area contributed by atoms with Gasteiger partial charge in [0.15, 0.2) is 6.10 Å². The van der Waals surface area contributed by atoms with Crippen LogP contribution in [0.15, 0.2) is 53.4 Å². The molecule has 0 unspecified atom stereocenters. The quantitative estimate of drug-likeness (QED) is 0.731. The van der Waals surface area contributed by atoms with Crippen LogP contribution in [-0.2, 0) is 19.6 Å². The van der Waals surface area contributed by atoms with Crippen LogP contribution in [0.3, 0.4) is 0 Å². The summed E-state index contributed by atoms with van der Waals surface area (Å²) in [6, 6.07) is 12.8. The number of esters is 1. The summed E-state index contributed by atoms with van der Waals surface area (Å²) in [5.41, 5.74) is 1.86. The lowest BCUT2D eigenvalue weighted by molar-refractivity contribution is -0.123. The molecule has 7 nitrogen and oxygen atoms in total. The van der Waals surface area contributed by atoms with Crippen LogP contribution >= 0.6 is 0 Å². The largest absolute Gasteiger partial charge is 0.449 e. The van der Waals surface area contributed by atoms with Gasteiger partial charge in [-0.3, -0.25) is 4.79 Å². The van der Waals surface area contributed by atoms with Crippen molar-refractivity contribution in [1.82, 2.24) is 4.31 Å². The molecule has 1 saturated heterocycles. The molecule has 1 atom stereocenters. The Bertz CT molecular complexity index is 979. The van der Waals surface area contributed by atoms with E-state index >= 15 is 0 Å². The molecule has 0 aliphatic carbocycles. The van der Waals surface area contributed by atoms with Crippen LogP contribution in [0.25, 0.3) is 0 Å². The van der Waals surface area contributed by atoms with Gasteiger partial charge in [0, 0.05) is 18.8 Å². The van der Waals surface area contributed by atoms with Gasteiger partial charge in [0.1, 0.15) is 0 Å². The van der Waals surface area contributed by atoms with Gasteiger partial charge in [0.2, 0.25) is 10.0 Å². The number of hydrogen-bond acceptors (Lipinski definition) is 5. The van der Waals surface area contributed by atoms with Gasteiger partial charge in [-0.25, -0.2) is 13.2 Å². The molecule has 8 heteroatoms. The molecule has 0 bridgehead atoms. The first kappa shape index (κ1) is 21.0. The molecule has 0 aromatic heterocycles. The number of amides is 1. The van der Waals surface area contributed by atoms with E-state index in [-0.39, 0.29) is 10.5 Å². The first-order valence-electron chi connectivity index (χ1n) is 9.46. The van der Waals surface area contributed by atoms with Crippen molar-refractivity contribution in [1.29, 1.82) is 0 Å². The van der Waals surface area contributed by atoms with Crippen LogP contribution < -0.4 is 5.32 Å². The number of aryl methyl sites for hydroxylation is 1. The first-order valence-corrected chi connectivity index (χ1v) is 10.9. The minimum Gasteiger partial charge on any atom is -0.449 e. The second-order valence-corrected chi connectivity index (χ2v) is 8.98. The lowest BCUT2D eigenvalue weighted by Crippen LogP contribution is -2.30. The zero-order valence-corrected chi connectivity index (χ0v) is 17.2. The summed E-state index contributed by atoms with van der Waals surface area (Å²) in [6.07, 6.45) is 0.704. The van der Waals surface area contributed by atoms with E-state index in [2.05, 4.69) is 5.32 Å². The van der Waals surface area contributed by atoms with E-state index in [1.807, 2.05) is 19.1 Å². The van der Waals surface area contributed by atoms with E-state index in [0.717, 1.165) is 18.4 Å². The molecule has 3 rings (SSSR count). The van der Waals surface area contributed by atoms with E-state index in [9.17, 15) is 18.0 Å². The van der Waals surface area contributed by atoms with Crippen molar-refractivity contribution in [3.05, 3.63) is 59.7 Å². The molecule has 1 N–H and O–H groups in total. The van der Waals surface area contributed by atoms with E-state index in [1.165, 1.54) is 35.5 Å². The second kappa shape index (κ2) is 8.75. The van der Waals surface area contributed by atoms with Gasteiger partial charge in [0.05, 0.1) is 10.5 Å². The van der Waals surface area contributed by atoms with Gasteiger partial charge < -0.3 is 10.1 Å². The number of ether oxygens (including phenoxy) is 1. The highest BCUT2D eigenvalue weighted by Crippen LogP contribution is 2.21. The molecule has 0 spiro atoms. The summed E-state index contributed by atoms with van der Waals surface area (Å²) in [5.74, 6) is -1.14. The Labute approximate surface area is 170 Å². The average molecular weight is 416 g/mol. The highest BCUT2D eigenvalue weighted by atomic mass is 32.2. The summed E-state index contributed by atoms with van der Waals surface area (Å²) in [6.45, 7) is 4.45. The zero-order chi connectivity index (χ0) is 21.0. The van der Waals surface area contributed by atoms with Crippen LogP contribution in [-0.4, -0.2) is 43.8 Å². The third-order valence-electron chi connectivity index (χ3n) is 4.76. The maximum Gasteiger partial charge on any atom is 0.338 e. The van der Waals surface area contributed by atoms with Crippen molar-refractivity contribution in [2.45, 2.75) is 37.7 Å².